The molecule has 2 unspecified atom stereocenters. The summed E-state index contributed by atoms with van der Waals surface area (Å²) < 4.78 is 5.40. The maximum atomic E-state index is 10.9. The quantitative estimate of drug-likeness (QED) is 0.694. The lowest BCUT2D eigenvalue weighted by Gasteiger charge is -2.25. The van der Waals surface area contributed by atoms with Crippen LogP contribution < -0.4 is 0 Å². The number of ether oxygens (including phenoxy) is 1. The highest BCUT2D eigenvalue weighted by Crippen LogP contribution is 2.20. The molecule has 0 radical (unpaired) electrons. The van der Waals surface area contributed by atoms with Gasteiger partial charge in [-0.25, -0.2) is 0 Å². The Bertz CT molecular complexity index is 154. The second-order valence-electron chi connectivity index (χ2n) is 3.51. The highest BCUT2D eigenvalue weighted by Gasteiger charge is 2.30. The first-order valence-electron chi connectivity index (χ1n) is 4.88. The van der Waals surface area contributed by atoms with Gasteiger partial charge < -0.3 is 9.84 Å². The Hall–Kier alpha value is -0.570. The molecule has 2 atom stereocenters. The highest BCUT2D eigenvalue weighted by molar-refractivity contribution is 5.71. The first-order chi connectivity index (χ1) is 6.04. The van der Waals surface area contributed by atoms with Gasteiger partial charge in [-0.2, -0.15) is 0 Å². The summed E-state index contributed by atoms with van der Waals surface area (Å²) in [6, 6.07) is 0. The van der Waals surface area contributed by atoms with Crippen molar-refractivity contribution >= 4 is 5.97 Å². The van der Waals surface area contributed by atoms with Gasteiger partial charge in [0.1, 0.15) is 0 Å². The SMILES string of the molecule is CCOC(CC)C(C(=O)O)C(C)C. The summed E-state index contributed by atoms with van der Waals surface area (Å²) in [6.45, 7) is 8.26. The second-order valence-corrected chi connectivity index (χ2v) is 3.51. The van der Waals surface area contributed by atoms with Crippen LogP contribution in [0.3, 0.4) is 0 Å². The molecule has 0 aromatic rings. The van der Waals surface area contributed by atoms with E-state index in [4.69, 9.17) is 9.84 Å². The van der Waals surface area contributed by atoms with Crippen LogP contribution in [0.1, 0.15) is 34.1 Å². The molecule has 0 fully saturated rings. The zero-order chi connectivity index (χ0) is 10.4. The van der Waals surface area contributed by atoms with Crippen LogP contribution in [-0.4, -0.2) is 23.8 Å². The second kappa shape index (κ2) is 5.97. The molecule has 0 rings (SSSR count). The van der Waals surface area contributed by atoms with Gasteiger partial charge in [0.25, 0.3) is 0 Å². The Balaban J connectivity index is 4.39. The molecule has 0 saturated heterocycles. The molecule has 0 heterocycles. The Morgan fingerprint density at radius 1 is 1.38 bits per heavy atom. The molecule has 13 heavy (non-hydrogen) atoms. The summed E-state index contributed by atoms with van der Waals surface area (Å²) >= 11 is 0. The van der Waals surface area contributed by atoms with Crippen molar-refractivity contribution in [3.8, 4) is 0 Å². The van der Waals surface area contributed by atoms with Gasteiger partial charge in [0.2, 0.25) is 0 Å². The number of hydrogen-bond donors (Lipinski definition) is 1. The normalized spacial score (nSPS) is 15.8. The molecule has 0 spiro atoms. The summed E-state index contributed by atoms with van der Waals surface area (Å²) in [4.78, 5) is 10.9. The van der Waals surface area contributed by atoms with Gasteiger partial charge in [-0.1, -0.05) is 20.8 Å². The van der Waals surface area contributed by atoms with Gasteiger partial charge in [0.15, 0.2) is 0 Å². The van der Waals surface area contributed by atoms with Crippen molar-refractivity contribution in [3.63, 3.8) is 0 Å². The third-order valence-electron chi connectivity index (χ3n) is 2.19. The third kappa shape index (κ3) is 3.77. The number of carboxylic acids is 1. The molecule has 0 saturated carbocycles. The topological polar surface area (TPSA) is 46.5 Å². The van der Waals surface area contributed by atoms with E-state index in [0.717, 1.165) is 6.42 Å². The zero-order valence-electron chi connectivity index (χ0n) is 8.91. The molecule has 3 nitrogen and oxygen atoms in total. The molecule has 0 aromatic carbocycles. The lowest BCUT2D eigenvalue weighted by molar-refractivity contribution is -0.150. The van der Waals surface area contributed by atoms with E-state index in [2.05, 4.69) is 0 Å². The molecule has 3 heteroatoms. The van der Waals surface area contributed by atoms with E-state index >= 15 is 0 Å². The molecule has 0 aliphatic rings. The van der Waals surface area contributed by atoms with Crippen molar-refractivity contribution in [3.05, 3.63) is 0 Å². The van der Waals surface area contributed by atoms with Crippen molar-refractivity contribution in [2.75, 3.05) is 6.61 Å². The maximum absolute atomic E-state index is 10.9. The first kappa shape index (κ1) is 12.4. The number of carboxylic acid groups (broad SMARTS) is 1. The van der Waals surface area contributed by atoms with E-state index in [1.54, 1.807) is 0 Å². The Morgan fingerprint density at radius 3 is 2.15 bits per heavy atom. The highest BCUT2D eigenvalue weighted by atomic mass is 16.5. The minimum absolute atomic E-state index is 0.119. The largest absolute Gasteiger partial charge is 0.481 e. The van der Waals surface area contributed by atoms with E-state index < -0.39 is 5.97 Å². The van der Waals surface area contributed by atoms with E-state index in [0.29, 0.717) is 6.61 Å². The van der Waals surface area contributed by atoms with Crippen molar-refractivity contribution in [2.24, 2.45) is 11.8 Å². The summed E-state index contributed by atoms with van der Waals surface area (Å²) in [7, 11) is 0. The number of carbonyl (C=O) groups is 1. The summed E-state index contributed by atoms with van der Waals surface area (Å²) in [5.41, 5.74) is 0. The van der Waals surface area contributed by atoms with Crippen molar-refractivity contribution in [1.82, 2.24) is 0 Å². The van der Waals surface area contributed by atoms with Gasteiger partial charge >= 0.3 is 5.97 Å². The van der Waals surface area contributed by atoms with Crippen LogP contribution >= 0.6 is 0 Å². The molecular weight excluding hydrogens is 168 g/mol. The monoisotopic (exact) mass is 188 g/mol. The van der Waals surface area contributed by atoms with Crippen LogP contribution in [0.15, 0.2) is 0 Å². The molecule has 0 aromatic heterocycles. The fraction of sp³-hybridized carbons (Fsp3) is 0.900. The zero-order valence-corrected chi connectivity index (χ0v) is 8.91. The average molecular weight is 188 g/mol. The third-order valence-corrected chi connectivity index (χ3v) is 2.19. The molecule has 0 aliphatic carbocycles. The van der Waals surface area contributed by atoms with Crippen LogP contribution in [0.25, 0.3) is 0 Å². The van der Waals surface area contributed by atoms with Gasteiger partial charge in [-0.15, -0.1) is 0 Å². The number of rotatable bonds is 6. The Kier molecular flexibility index (Phi) is 5.71. The van der Waals surface area contributed by atoms with E-state index in [1.807, 2.05) is 27.7 Å². The molecule has 0 aliphatic heterocycles. The minimum atomic E-state index is -0.754. The molecule has 78 valence electrons. The summed E-state index contributed by atoms with van der Waals surface area (Å²) in [5.74, 6) is -1.02. The average Bonchev–Trinajstić information content (AvgIpc) is 2.02. The van der Waals surface area contributed by atoms with Crippen LogP contribution in [0.4, 0.5) is 0 Å². The Labute approximate surface area is 80.1 Å². The molecular formula is C10H20O3. The van der Waals surface area contributed by atoms with Crippen molar-refractivity contribution < 1.29 is 14.6 Å². The van der Waals surface area contributed by atoms with Crippen LogP contribution in [0.5, 0.6) is 0 Å². The van der Waals surface area contributed by atoms with Gasteiger partial charge in [0.05, 0.1) is 12.0 Å². The summed E-state index contributed by atoms with van der Waals surface area (Å²) in [5, 5.41) is 8.99. The van der Waals surface area contributed by atoms with Crippen molar-refractivity contribution in [2.45, 2.75) is 40.2 Å². The number of aliphatic carboxylic acids is 1. The predicted octanol–water partition coefficient (Wildman–Crippen LogP) is 2.16. The van der Waals surface area contributed by atoms with Crippen LogP contribution in [0, 0.1) is 11.8 Å². The Morgan fingerprint density at radius 2 is 1.92 bits per heavy atom. The fourth-order valence-corrected chi connectivity index (χ4v) is 1.56. The lowest BCUT2D eigenvalue weighted by Crippen LogP contribution is -2.34. The molecule has 0 amide bonds. The van der Waals surface area contributed by atoms with E-state index in [-0.39, 0.29) is 17.9 Å². The predicted molar refractivity (Wildman–Crippen MR) is 51.7 cm³/mol. The maximum Gasteiger partial charge on any atom is 0.309 e. The van der Waals surface area contributed by atoms with Gasteiger partial charge in [0, 0.05) is 6.61 Å². The standard InChI is InChI=1S/C10H20O3/c1-5-8(13-6-2)9(7(3)4)10(11)12/h7-9H,5-6H2,1-4H3,(H,11,12). The summed E-state index contributed by atoms with van der Waals surface area (Å²) in [6.07, 6.45) is 0.602. The minimum Gasteiger partial charge on any atom is -0.481 e. The van der Waals surface area contributed by atoms with Gasteiger partial charge in [-0.05, 0) is 19.3 Å². The molecule has 1 N–H and O–H groups in total. The number of hydrogen-bond acceptors (Lipinski definition) is 2. The van der Waals surface area contributed by atoms with Crippen LogP contribution in [-0.2, 0) is 9.53 Å². The lowest BCUT2D eigenvalue weighted by atomic mass is 9.89. The van der Waals surface area contributed by atoms with E-state index in [9.17, 15) is 4.79 Å². The fourth-order valence-electron chi connectivity index (χ4n) is 1.56. The first-order valence-corrected chi connectivity index (χ1v) is 4.88. The smallest absolute Gasteiger partial charge is 0.309 e. The van der Waals surface area contributed by atoms with E-state index in [1.165, 1.54) is 0 Å². The van der Waals surface area contributed by atoms with Crippen molar-refractivity contribution in [1.29, 1.82) is 0 Å². The van der Waals surface area contributed by atoms with Crippen LogP contribution in [0.2, 0.25) is 0 Å². The van der Waals surface area contributed by atoms with Gasteiger partial charge in [-0.3, -0.25) is 4.79 Å². The molecule has 0 bridgehead atoms.